The number of fused-ring (bicyclic) bond motifs is 1. The van der Waals surface area contributed by atoms with E-state index in [4.69, 9.17) is 11.6 Å². The Kier molecular flexibility index (Phi) is 5.31. The van der Waals surface area contributed by atoms with Gasteiger partial charge in [-0.05, 0) is 18.2 Å². The van der Waals surface area contributed by atoms with Crippen LogP contribution in [0, 0.1) is 5.82 Å². The molecule has 1 aromatic heterocycles. The monoisotopic (exact) mass is 382 g/mol. The number of hydrogen-bond donors (Lipinski definition) is 2. The molecule has 1 aliphatic rings. The number of anilines is 2. The number of thiazole rings is 1. The van der Waals surface area contributed by atoms with Gasteiger partial charge in [-0.15, -0.1) is 11.3 Å². The van der Waals surface area contributed by atoms with Crippen molar-refractivity contribution < 1.29 is 14.0 Å². The summed E-state index contributed by atoms with van der Waals surface area (Å²) in [4.78, 5) is 30.7. The van der Waals surface area contributed by atoms with Crippen molar-refractivity contribution in [3.8, 4) is 0 Å². The molecule has 2 N–H and O–H groups in total. The van der Waals surface area contributed by atoms with Crippen LogP contribution in [0.25, 0.3) is 0 Å². The van der Waals surface area contributed by atoms with Gasteiger partial charge >= 0.3 is 0 Å². The van der Waals surface area contributed by atoms with Crippen LogP contribution in [-0.2, 0) is 22.6 Å². The summed E-state index contributed by atoms with van der Waals surface area (Å²) in [6, 6.07) is 4.06. The summed E-state index contributed by atoms with van der Waals surface area (Å²) in [5, 5.41) is 5.96. The number of nitrogens with one attached hydrogen (secondary N) is 2. The van der Waals surface area contributed by atoms with E-state index in [1.165, 1.54) is 36.5 Å². The highest BCUT2D eigenvalue weighted by atomic mass is 35.5. The van der Waals surface area contributed by atoms with Crippen molar-refractivity contribution in [3.63, 3.8) is 0 Å². The van der Waals surface area contributed by atoms with Gasteiger partial charge in [0.15, 0.2) is 5.13 Å². The third-order valence-electron chi connectivity index (χ3n) is 3.66. The maximum Gasteiger partial charge on any atom is 0.238 e. The predicted molar refractivity (Wildman–Crippen MR) is 95.4 cm³/mol. The molecule has 0 fully saturated rings. The summed E-state index contributed by atoms with van der Waals surface area (Å²) in [7, 11) is 0. The van der Waals surface area contributed by atoms with E-state index in [1.54, 1.807) is 0 Å². The molecule has 0 saturated carbocycles. The van der Waals surface area contributed by atoms with Crippen LogP contribution in [-0.4, -0.2) is 34.8 Å². The average molecular weight is 383 g/mol. The number of carbonyl (C=O) groups excluding carboxylic acids is 2. The zero-order chi connectivity index (χ0) is 18.0. The molecular weight excluding hydrogens is 367 g/mol. The van der Waals surface area contributed by atoms with Crippen LogP contribution >= 0.6 is 22.9 Å². The molecule has 2 amide bonds. The number of aromatic nitrogens is 1. The molecule has 0 aliphatic carbocycles. The minimum atomic E-state index is -0.525. The number of benzene rings is 1. The molecule has 0 bridgehead atoms. The highest BCUT2D eigenvalue weighted by Crippen LogP contribution is 2.28. The molecule has 2 aromatic rings. The first-order chi connectivity index (χ1) is 11.9. The van der Waals surface area contributed by atoms with Gasteiger partial charge in [0.25, 0.3) is 0 Å². The van der Waals surface area contributed by atoms with Crippen molar-refractivity contribution in [2.45, 2.75) is 19.9 Å². The third-order valence-corrected chi connectivity index (χ3v) is 4.95. The molecule has 0 spiro atoms. The number of nitrogens with zero attached hydrogens (tertiary/aromatic N) is 2. The Bertz CT molecular complexity index is 826. The van der Waals surface area contributed by atoms with E-state index in [-0.39, 0.29) is 23.4 Å². The molecule has 0 unspecified atom stereocenters. The van der Waals surface area contributed by atoms with E-state index >= 15 is 0 Å². The number of amides is 2. The quantitative estimate of drug-likeness (QED) is 0.852. The van der Waals surface area contributed by atoms with Gasteiger partial charge < -0.3 is 10.6 Å². The minimum Gasteiger partial charge on any atom is -0.325 e. The lowest BCUT2D eigenvalue weighted by Gasteiger charge is -2.25. The Balaban J connectivity index is 1.58. The normalized spacial score (nSPS) is 14.0. The number of carbonyl (C=O) groups is 2. The van der Waals surface area contributed by atoms with Crippen molar-refractivity contribution in [2.24, 2.45) is 0 Å². The second kappa shape index (κ2) is 7.47. The summed E-state index contributed by atoms with van der Waals surface area (Å²) in [5.74, 6) is -0.874. The van der Waals surface area contributed by atoms with Crippen LogP contribution in [0.1, 0.15) is 17.5 Å². The molecule has 9 heteroatoms. The number of halogens is 2. The van der Waals surface area contributed by atoms with Crippen LogP contribution < -0.4 is 10.6 Å². The summed E-state index contributed by atoms with van der Waals surface area (Å²) in [5.41, 5.74) is 1.43. The summed E-state index contributed by atoms with van der Waals surface area (Å²) < 4.78 is 13.1. The molecule has 25 heavy (non-hydrogen) atoms. The van der Waals surface area contributed by atoms with Gasteiger partial charge in [-0.1, -0.05) is 11.6 Å². The fourth-order valence-electron chi connectivity index (χ4n) is 2.56. The van der Waals surface area contributed by atoms with Gasteiger partial charge in [-0.2, -0.15) is 0 Å². The molecule has 1 aliphatic heterocycles. The van der Waals surface area contributed by atoms with Crippen LogP contribution in [0.15, 0.2) is 18.2 Å². The molecule has 132 valence electrons. The van der Waals surface area contributed by atoms with E-state index in [1.807, 2.05) is 4.90 Å². The highest BCUT2D eigenvalue weighted by molar-refractivity contribution is 7.15. The third kappa shape index (κ3) is 4.53. The summed E-state index contributed by atoms with van der Waals surface area (Å²) in [6.07, 6.45) is 0.723. The fourth-order valence-corrected chi connectivity index (χ4v) is 3.84. The second-order valence-corrected chi connectivity index (χ2v) is 7.20. The molecule has 1 aromatic carbocycles. The van der Waals surface area contributed by atoms with Gasteiger partial charge in [0.2, 0.25) is 11.8 Å². The Labute approximate surface area is 153 Å². The second-order valence-electron chi connectivity index (χ2n) is 5.71. The van der Waals surface area contributed by atoms with Gasteiger partial charge in [0.05, 0.1) is 17.3 Å². The van der Waals surface area contributed by atoms with E-state index in [9.17, 15) is 14.0 Å². The number of hydrogen-bond acceptors (Lipinski definition) is 5. The summed E-state index contributed by atoms with van der Waals surface area (Å²) >= 11 is 7.14. The van der Waals surface area contributed by atoms with Gasteiger partial charge in [0, 0.05) is 37.0 Å². The van der Waals surface area contributed by atoms with Crippen molar-refractivity contribution in [1.29, 1.82) is 0 Å². The molecule has 2 heterocycles. The Hall–Kier alpha value is -2.03. The lowest BCUT2D eigenvalue weighted by molar-refractivity contribution is -0.117. The smallest absolute Gasteiger partial charge is 0.238 e. The highest BCUT2D eigenvalue weighted by Gasteiger charge is 2.22. The first-order valence-corrected chi connectivity index (χ1v) is 8.83. The van der Waals surface area contributed by atoms with E-state index in [0.717, 1.165) is 17.0 Å². The van der Waals surface area contributed by atoms with Crippen molar-refractivity contribution in [2.75, 3.05) is 23.7 Å². The fraction of sp³-hybridized carbons (Fsp3) is 0.312. The Morgan fingerprint density at radius 1 is 1.40 bits per heavy atom. The van der Waals surface area contributed by atoms with Crippen LogP contribution in [0.5, 0.6) is 0 Å². The van der Waals surface area contributed by atoms with Crippen molar-refractivity contribution in [1.82, 2.24) is 9.88 Å². The lowest BCUT2D eigenvalue weighted by Crippen LogP contribution is -2.36. The maximum atomic E-state index is 13.1. The zero-order valence-electron chi connectivity index (χ0n) is 13.4. The van der Waals surface area contributed by atoms with E-state index < -0.39 is 5.82 Å². The first-order valence-electron chi connectivity index (χ1n) is 7.64. The van der Waals surface area contributed by atoms with Crippen LogP contribution in [0.3, 0.4) is 0 Å². The molecule has 3 rings (SSSR count). The van der Waals surface area contributed by atoms with Crippen molar-refractivity contribution >= 4 is 45.6 Å². The van der Waals surface area contributed by atoms with Crippen molar-refractivity contribution in [3.05, 3.63) is 39.6 Å². The zero-order valence-corrected chi connectivity index (χ0v) is 15.0. The van der Waals surface area contributed by atoms with Gasteiger partial charge in [-0.25, -0.2) is 9.37 Å². The lowest BCUT2D eigenvalue weighted by atomic mass is 10.2. The van der Waals surface area contributed by atoms with Crippen LogP contribution in [0.4, 0.5) is 15.2 Å². The van der Waals surface area contributed by atoms with Gasteiger partial charge in [-0.3, -0.25) is 14.5 Å². The molecule has 0 radical (unpaired) electrons. The topological polar surface area (TPSA) is 74.3 Å². The Morgan fingerprint density at radius 3 is 2.92 bits per heavy atom. The largest absolute Gasteiger partial charge is 0.325 e. The average Bonchev–Trinajstić information content (AvgIpc) is 2.91. The Morgan fingerprint density at radius 2 is 2.20 bits per heavy atom. The molecule has 6 nitrogen and oxygen atoms in total. The minimum absolute atomic E-state index is 0.0319. The maximum absolute atomic E-state index is 13.1. The predicted octanol–water partition coefficient (Wildman–Crippen LogP) is 2.89. The number of rotatable bonds is 4. The van der Waals surface area contributed by atoms with E-state index in [0.29, 0.717) is 23.9 Å². The van der Waals surface area contributed by atoms with E-state index in [2.05, 4.69) is 15.6 Å². The van der Waals surface area contributed by atoms with Crippen LogP contribution in [0.2, 0.25) is 5.02 Å². The molecular formula is C16H16ClFN4O2S. The first kappa shape index (κ1) is 17.8. The van der Waals surface area contributed by atoms with Gasteiger partial charge in [0.1, 0.15) is 5.82 Å². The molecule has 0 atom stereocenters. The standard InChI is InChI=1S/C16H16ClFN4O2S/c1-9(23)19-16-21-13-4-5-22(7-14(13)25-16)8-15(24)20-10-2-3-12(18)11(17)6-10/h2-3,6H,4-5,7-8H2,1H3,(H,20,24)(H,19,21,23). The SMILES string of the molecule is CC(=O)Nc1nc2c(s1)CN(CC(=O)Nc1ccc(F)c(Cl)c1)CC2. The summed E-state index contributed by atoms with van der Waals surface area (Å²) in [6.45, 7) is 2.96. The molecule has 0 saturated heterocycles.